The molecule has 0 unspecified atom stereocenters. The molecule has 3 nitrogen and oxygen atoms in total. The Kier molecular flexibility index (Phi) is 5.87. The SMILES string of the molecule is CC(C)NCc1ccc(N(CCO)C2CCC2)cc1Br. The van der Waals surface area contributed by atoms with Gasteiger partial charge in [-0.3, -0.25) is 0 Å². The summed E-state index contributed by atoms with van der Waals surface area (Å²) in [6.07, 6.45) is 3.80. The Morgan fingerprint density at radius 2 is 2.15 bits per heavy atom. The van der Waals surface area contributed by atoms with Crippen molar-refractivity contribution in [3.63, 3.8) is 0 Å². The molecule has 1 saturated carbocycles. The zero-order valence-electron chi connectivity index (χ0n) is 12.4. The zero-order valence-corrected chi connectivity index (χ0v) is 14.0. The van der Waals surface area contributed by atoms with Crippen LogP contribution in [-0.2, 0) is 6.54 Å². The summed E-state index contributed by atoms with van der Waals surface area (Å²) in [5.41, 5.74) is 2.49. The summed E-state index contributed by atoms with van der Waals surface area (Å²) in [6.45, 7) is 6.12. The predicted molar refractivity (Wildman–Crippen MR) is 88.2 cm³/mol. The molecule has 112 valence electrons. The molecule has 1 aliphatic rings. The van der Waals surface area contributed by atoms with E-state index in [9.17, 15) is 5.11 Å². The number of aliphatic hydroxyl groups excluding tert-OH is 1. The number of nitrogens with zero attached hydrogens (tertiary/aromatic N) is 1. The van der Waals surface area contributed by atoms with Gasteiger partial charge < -0.3 is 15.3 Å². The summed E-state index contributed by atoms with van der Waals surface area (Å²) in [6, 6.07) is 7.63. The number of hydrogen-bond donors (Lipinski definition) is 2. The van der Waals surface area contributed by atoms with Gasteiger partial charge >= 0.3 is 0 Å². The highest BCUT2D eigenvalue weighted by Gasteiger charge is 2.25. The van der Waals surface area contributed by atoms with Crippen LogP contribution < -0.4 is 10.2 Å². The molecule has 0 saturated heterocycles. The van der Waals surface area contributed by atoms with Crippen LogP contribution in [0.5, 0.6) is 0 Å². The molecular formula is C16H25BrN2O. The Labute approximate surface area is 130 Å². The summed E-state index contributed by atoms with van der Waals surface area (Å²) in [4.78, 5) is 2.34. The van der Waals surface area contributed by atoms with Crippen LogP contribution in [0.25, 0.3) is 0 Å². The minimum Gasteiger partial charge on any atom is -0.395 e. The molecule has 0 aromatic heterocycles. The number of aliphatic hydroxyl groups is 1. The maximum atomic E-state index is 9.27. The highest BCUT2D eigenvalue weighted by Crippen LogP contribution is 2.31. The van der Waals surface area contributed by atoms with Gasteiger partial charge in [0.1, 0.15) is 0 Å². The maximum Gasteiger partial charge on any atom is 0.0606 e. The minimum atomic E-state index is 0.213. The third-order valence-corrected chi connectivity index (χ3v) is 4.66. The van der Waals surface area contributed by atoms with Gasteiger partial charge in [0.05, 0.1) is 6.61 Å². The van der Waals surface area contributed by atoms with Crippen LogP contribution in [0.2, 0.25) is 0 Å². The normalized spacial score (nSPS) is 15.4. The Hall–Kier alpha value is -0.580. The largest absolute Gasteiger partial charge is 0.395 e. The van der Waals surface area contributed by atoms with Crippen LogP contribution in [0.3, 0.4) is 0 Å². The highest BCUT2D eigenvalue weighted by molar-refractivity contribution is 9.10. The topological polar surface area (TPSA) is 35.5 Å². The van der Waals surface area contributed by atoms with Crippen LogP contribution >= 0.6 is 15.9 Å². The van der Waals surface area contributed by atoms with Crippen LogP contribution in [0.15, 0.2) is 22.7 Å². The fourth-order valence-corrected chi connectivity index (χ4v) is 3.01. The molecule has 0 spiro atoms. The van der Waals surface area contributed by atoms with Crippen molar-refractivity contribution in [3.8, 4) is 0 Å². The second-order valence-corrected chi connectivity index (χ2v) is 6.67. The lowest BCUT2D eigenvalue weighted by Gasteiger charge is -2.39. The molecule has 0 aliphatic heterocycles. The Balaban J connectivity index is 2.09. The second-order valence-electron chi connectivity index (χ2n) is 5.81. The van der Waals surface area contributed by atoms with E-state index in [1.54, 1.807) is 0 Å². The average Bonchev–Trinajstić information content (AvgIpc) is 2.34. The molecule has 4 heteroatoms. The van der Waals surface area contributed by atoms with E-state index >= 15 is 0 Å². The molecule has 0 radical (unpaired) electrons. The Morgan fingerprint density at radius 1 is 1.40 bits per heavy atom. The van der Waals surface area contributed by atoms with E-state index in [2.05, 4.69) is 58.2 Å². The van der Waals surface area contributed by atoms with Gasteiger partial charge in [0.25, 0.3) is 0 Å². The number of rotatable bonds is 7. The first-order chi connectivity index (χ1) is 9.61. The van der Waals surface area contributed by atoms with Crippen LogP contribution in [0, 0.1) is 0 Å². The van der Waals surface area contributed by atoms with E-state index < -0.39 is 0 Å². The van der Waals surface area contributed by atoms with E-state index in [0.717, 1.165) is 17.6 Å². The molecule has 1 aromatic carbocycles. The molecule has 0 bridgehead atoms. The summed E-state index contributed by atoms with van der Waals surface area (Å²) < 4.78 is 1.14. The monoisotopic (exact) mass is 340 g/mol. The van der Waals surface area contributed by atoms with Crippen LogP contribution in [-0.4, -0.2) is 30.3 Å². The maximum absolute atomic E-state index is 9.27. The van der Waals surface area contributed by atoms with Crippen molar-refractivity contribution in [1.82, 2.24) is 5.32 Å². The molecule has 1 aromatic rings. The van der Waals surface area contributed by atoms with Crippen molar-refractivity contribution >= 4 is 21.6 Å². The van der Waals surface area contributed by atoms with Crippen molar-refractivity contribution < 1.29 is 5.11 Å². The standard InChI is InChI=1S/C16H25BrN2O/c1-12(2)18-11-13-6-7-15(10-16(13)17)19(8-9-20)14-4-3-5-14/h6-7,10,12,14,18,20H,3-5,8-9,11H2,1-2H3. The quantitative estimate of drug-likeness (QED) is 0.799. The zero-order chi connectivity index (χ0) is 14.5. The van der Waals surface area contributed by atoms with Gasteiger partial charge in [0.2, 0.25) is 0 Å². The first-order valence-corrected chi connectivity index (χ1v) is 8.30. The molecule has 1 fully saturated rings. The number of nitrogens with one attached hydrogen (secondary N) is 1. The van der Waals surface area contributed by atoms with E-state index in [1.165, 1.54) is 30.5 Å². The van der Waals surface area contributed by atoms with E-state index in [4.69, 9.17) is 0 Å². The third-order valence-electron chi connectivity index (χ3n) is 3.93. The smallest absolute Gasteiger partial charge is 0.0606 e. The average molecular weight is 341 g/mol. The lowest BCUT2D eigenvalue weighted by Crippen LogP contribution is -2.42. The van der Waals surface area contributed by atoms with Crippen molar-refractivity contribution in [1.29, 1.82) is 0 Å². The molecule has 0 heterocycles. The molecule has 20 heavy (non-hydrogen) atoms. The van der Waals surface area contributed by atoms with E-state index in [1.807, 2.05) is 0 Å². The van der Waals surface area contributed by atoms with Crippen molar-refractivity contribution in [2.45, 2.75) is 51.7 Å². The van der Waals surface area contributed by atoms with Gasteiger partial charge in [-0.2, -0.15) is 0 Å². The summed E-state index contributed by atoms with van der Waals surface area (Å²) >= 11 is 3.68. The fraction of sp³-hybridized carbons (Fsp3) is 0.625. The number of hydrogen-bond acceptors (Lipinski definition) is 3. The molecule has 0 atom stereocenters. The predicted octanol–water partition coefficient (Wildman–Crippen LogP) is 3.30. The molecule has 0 amide bonds. The van der Waals surface area contributed by atoms with Crippen molar-refractivity contribution in [3.05, 3.63) is 28.2 Å². The highest BCUT2D eigenvalue weighted by atomic mass is 79.9. The van der Waals surface area contributed by atoms with Crippen molar-refractivity contribution in [2.24, 2.45) is 0 Å². The van der Waals surface area contributed by atoms with E-state index in [-0.39, 0.29) is 6.61 Å². The lowest BCUT2D eigenvalue weighted by atomic mass is 9.91. The van der Waals surface area contributed by atoms with Gasteiger partial charge in [0, 0.05) is 35.3 Å². The first kappa shape index (κ1) is 15.8. The number of halogens is 1. The van der Waals surface area contributed by atoms with Gasteiger partial charge in [-0.25, -0.2) is 0 Å². The lowest BCUT2D eigenvalue weighted by molar-refractivity contribution is 0.283. The minimum absolute atomic E-state index is 0.213. The molecule has 2 N–H and O–H groups in total. The van der Waals surface area contributed by atoms with E-state index in [0.29, 0.717) is 12.1 Å². The molecular weight excluding hydrogens is 316 g/mol. The van der Waals surface area contributed by atoms with Crippen LogP contribution in [0.1, 0.15) is 38.7 Å². The summed E-state index contributed by atoms with van der Waals surface area (Å²) in [5, 5.41) is 12.7. The Bertz CT molecular complexity index is 432. The number of benzene rings is 1. The molecule has 1 aliphatic carbocycles. The van der Waals surface area contributed by atoms with Gasteiger partial charge in [0.15, 0.2) is 0 Å². The number of anilines is 1. The van der Waals surface area contributed by atoms with Crippen molar-refractivity contribution in [2.75, 3.05) is 18.1 Å². The van der Waals surface area contributed by atoms with Gasteiger partial charge in [-0.15, -0.1) is 0 Å². The molecule has 2 rings (SSSR count). The first-order valence-electron chi connectivity index (χ1n) is 7.51. The second kappa shape index (κ2) is 7.43. The Morgan fingerprint density at radius 3 is 2.65 bits per heavy atom. The third kappa shape index (κ3) is 3.96. The summed E-state index contributed by atoms with van der Waals surface area (Å²) in [5.74, 6) is 0. The summed E-state index contributed by atoms with van der Waals surface area (Å²) in [7, 11) is 0. The van der Waals surface area contributed by atoms with Gasteiger partial charge in [-0.05, 0) is 37.0 Å². The van der Waals surface area contributed by atoms with Gasteiger partial charge in [-0.1, -0.05) is 35.8 Å². The fourth-order valence-electron chi connectivity index (χ4n) is 2.50. The van der Waals surface area contributed by atoms with Crippen LogP contribution in [0.4, 0.5) is 5.69 Å².